The van der Waals surface area contributed by atoms with Crippen LogP contribution in [0.2, 0.25) is 0 Å². The maximum atomic E-state index is 14.3. The number of aromatic nitrogens is 2. The van der Waals surface area contributed by atoms with Crippen LogP contribution in [0.1, 0.15) is 29.4 Å². The van der Waals surface area contributed by atoms with Crippen molar-refractivity contribution in [2.24, 2.45) is 10.7 Å². The number of nitrogens with one attached hydrogen (secondary N) is 1. The van der Waals surface area contributed by atoms with E-state index in [4.69, 9.17) is 5.73 Å². The summed E-state index contributed by atoms with van der Waals surface area (Å²) < 4.78 is 57.5. The zero-order valence-electron chi connectivity index (χ0n) is 22.3. The summed E-state index contributed by atoms with van der Waals surface area (Å²) in [4.78, 5) is 30.8. The Labute approximate surface area is 237 Å². The summed E-state index contributed by atoms with van der Waals surface area (Å²) in [6.07, 6.45) is 2.29. The predicted molar refractivity (Wildman–Crippen MR) is 151 cm³/mol. The van der Waals surface area contributed by atoms with Crippen LogP contribution in [-0.2, 0) is 0 Å². The van der Waals surface area contributed by atoms with Gasteiger partial charge in [-0.05, 0) is 61.2 Å². The Morgan fingerprint density at radius 3 is 2.60 bits per heavy atom. The average Bonchev–Trinajstić information content (AvgIpc) is 2.96. The first kappa shape index (κ1) is 29.9. The predicted octanol–water partition coefficient (Wildman–Crippen LogP) is 4.45. The van der Waals surface area contributed by atoms with Crippen molar-refractivity contribution in [3.63, 3.8) is 0 Å². The molecule has 0 radical (unpaired) electrons. The molecule has 4 rings (SSSR count). The van der Waals surface area contributed by atoms with E-state index < -0.39 is 47.2 Å². The van der Waals surface area contributed by atoms with E-state index >= 15 is 0 Å². The Hall–Kier alpha value is -5.09. The highest BCUT2D eigenvalue weighted by Crippen LogP contribution is 2.36. The molecule has 0 unspecified atom stereocenters. The number of halogens is 4. The first-order valence-corrected chi connectivity index (χ1v) is 12.6. The molecule has 1 fully saturated rings. The molecule has 1 aliphatic rings. The summed E-state index contributed by atoms with van der Waals surface area (Å²) in [7, 11) is 0. The number of hydrogen-bond acceptors (Lipinski definition) is 7. The number of amides is 1. The molecule has 3 N–H and O–H groups in total. The molecule has 1 atom stereocenters. The van der Waals surface area contributed by atoms with Crippen LogP contribution in [0.25, 0.3) is 11.3 Å². The van der Waals surface area contributed by atoms with Gasteiger partial charge in [-0.3, -0.25) is 14.6 Å². The molecule has 2 aromatic carbocycles. The molecule has 1 aromatic heterocycles. The van der Waals surface area contributed by atoms with E-state index in [0.717, 1.165) is 30.3 Å². The number of hydrogen-bond donors (Lipinski definition) is 2. The summed E-state index contributed by atoms with van der Waals surface area (Å²) in [5, 5.41) is 16.1. The fourth-order valence-electron chi connectivity index (χ4n) is 4.38. The second-order valence-corrected chi connectivity index (χ2v) is 9.44. The average molecular weight is 580 g/mol. The molecule has 1 saturated heterocycles. The molecule has 0 aliphatic carbocycles. The van der Waals surface area contributed by atoms with Crippen molar-refractivity contribution in [3.05, 3.63) is 99.6 Å². The van der Waals surface area contributed by atoms with Gasteiger partial charge in [0.05, 0.1) is 29.1 Å². The number of para-hydroxylation sites is 1. The van der Waals surface area contributed by atoms with Crippen LogP contribution >= 0.6 is 0 Å². The number of carbonyl (C=O) groups is 1. The van der Waals surface area contributed by atoms with Crippen molar-refractivity contribution in [2.75, 3.05) is 23.3 Å². The number of carbonyl (C=O) groups excluding carboxylic acids is 1. The van der Waals surface area contributed by atoms with Gasteiger partial charge in [-0.25, -0.2) is 17.6 Å². The summed E-state index contributed by atoms with van der Waals surface area (Å²) in [5.41, 5.74) is 5.69. The first-order valence-electron chi connectivity index (χ1n) is 12.6. The van der Waals surface area contributed by atoms with Crippen molar-refractivity contribution in [1.82, 2.24) is 9.78 Å². The van der Waals surface area contributed by atoms with Gasteiger partial charge in [0, 0.05) is 31.8 Å². The molecule has 9 nitrogen and oxygen atoms in total. The van der Waals surface area contributed by atoms with Crippen molar-refractivity contribution < 1.29 is 22.4 Å². The number of allylic oxidation sites excluding steroid dienone is 3. The lowest BCUT2D eigenvalue weighted by molar-refractivity contribution is -0.0393. The van der Waals surface area contributed by atoms with Crippen LogP contribution in [0.5, 0.6) is 0 Å². The van der Waals surface area contributed by atoms with E-state index in [-0.39, 0.29) is 30.0 Å². The monoisotopic (exact) mass is 579 g/mol. The molecule has 216 valence electrons. The fourth-order valence-corrected chi connectivity index (χ4v) is 4.38. The lowest BCUT2D eigenvalue weighted by Gasteiger charge is -2.38. The minimum atomic E-state index is -3.08. The number of aliphatic imine (C=N–C) groups is 1. The Morgan fingerprint density at radius 2 is 1.95 bits per heavy atom. The van der Waals surface area contributed by atoms with Gasteiger partial charge in [0.25, 0.3) is 17.4 Å². The lowest BCUT2D eigenvalue weighted by atomic mass is 9.97. The van der Waals surface area contributed by atoms with Crippen LogP contribution in [0, 0.1) is 23.0 Å². The SMILES string of the molecule is C=N/C=C\C(C#N)=C(/C)c1ccc(NC(=O)c2ccc(=O)n(-c3c(F)cccc3F)n2)c(N2CCC(F)(F)[C@@H](N)C2)c1. The maximum Gasteiger partial charge on any atom is 0.276 e. The van der Waals surface area contributed by atoms with Crippen molar-refractivity contribution in [3.8, 4) is 11.8 Å². The van der Waals surface area contributed by atoms with Gasteiger partial charge >= 0.3 is 0 Å². The molecule has 1 aliphatic heterocycles. The maximum absolute atomic E-state index is 14.3. The Morgan fingerprint density at radius 1 is 1.24 bits per heavy atom. The van der Waals surface area contributed by atoms with Crippen molar-refractivity contribution in [2.45, 2.75) is 25.3 Å². The number of alkyl halides is 2. The second-order valence-electron chi connectivity index (χ2n) is 9.44. The van der Waals surface area contributed by atoms with Crippen molar-refractivity contribution >= 4 is 29.6 Å². The Bertz CT molecular complexity index is 1690. The standard InChI is InChI=1S/C29H25F4N7O2/c1-17(19(15-34)10-12-36-2)18-6-7-22(24(14-18)39-13-11-29(32,33)25(35)16-39)37-28(42)23-8-9-26(41)40(38-23)27-20(30)4-3-5-21(27)31/h3-10,12,14,25H,2,11,13,16,35H2,1H3,(H,37,42)/b12-10-,19-17-/t25-/m0/s1. The Kier molecular flexibility index (Phi) is 8.68. The minimum absolute atomic E-state index is 0.0864. The van der Waals surface area contributed by atoms with Gasteiger partial charge in [0.2, 0.25) is 0 Å². The number of anilines is 2. The third kappa shape index (κ3) is 6.13. The summed E-state index contributed by atoms with van der Waals surface area (Å²) in [6, 6.07) is 10.4. The van der Waals surface area contributed by atoms with Gasteiger partial charge < -0.3 is 16.0 Å². The smallest absolute Gasteiger partial charge is 0.276 e. The number of rotatable bonds is 7. The quantitative estimate of drug-likeness (QED) is 0.184. The summed E-state index contributed by atoms with van der Waals surface area (Å²) >= 11 is 0. The van der Waals surface area contributed by atoms with E-state index in [9.17, 15) is 32.4 Å². The zero-order valence-corrected chi connectivity index (χ0v) is 22.3. The number of nitriles is 1. The van der Waals surface area contributed by atoms with Gasteiger partial charge in [-0.1, -0.05) is 12.1 Å². The topological polar surface area (TPSA) is 129 Å². The summed E-state index contributed by atoms with van der Waals surface area (Å²) in [5.74, 6) is -6.04. The minimum Gasteiger partial charge on any atom is -0.368 e. The number of piperidine rings is 1. The van der Waals surface area contributed by atoms with E-state index in [1.165, 1.54) is 18.3 Å². The molecule has 42 heavy (non-hydrogen) atoms. The van der Waals surface area contributed by atoms with Gasteiger partial charge in [-0.2, -0.15) is 15.0 Å². The van der Waals surface area contributed by atoms with E-state index in [1.54, 1.807) is 24.0 Å². The second kappa shape index (κ2) is 12.2. The third-order valence-corrected chi connectivity index (χ3v) is 6.75. The van der Waals surface area contributed by atoms with E-state index in [2.05, 4.69) is 28.2 Å². The number of nitrogens with two attached hydrogens (primary N) is 1. The van der Waals surface area contributed by atoms with Gasteiger partial charge in [0.15, 0.2) is 11.6 Å². The summed E-state index contributed by atoms with van der Waals surface area (Å²) in [6.45, 7) is 4.71. The largest absolute Gasteiger partial charge is 0.368 e. The molecule has 0 bridgehead atoms. The molecule has 1 amide bonds. The highest BCUT2D eigenvalue weighted by Gasteiger charge is 2.42. The number of nitrogens with zero attached hydrogens (tertiary/aromatic N) is 5. The van der Waals surface area contributed by atoms with E-state index in [1.807, 2.05) is 0 Å². The molecular weight excluding hydrogens is 554 g/mol. The highest BCUT2D eigenvalue weighted by molar-refractivity contribution is 6.05. The first-order chi connectivity index (χ1) is 20.0. The molecule has 2 heterocycles. The molecule has 13 heteroatoms. The third-order valence-electron chi connectivity index (χ3n) is 6.75. The fraction of sp³-hybridized carbons (Fsp3) is 0.207. The van der Waals surface area contributed by atoms with Crippen molar-refractivity contribution in [1.29, 1.82) is 5.26 Å². The van der Waals surface area contributed by atoms with Crippen LogP contribution in [0.4, 0.5) is 28.9 Å². The van der Waals surface area contributed by atoms with Crippen LogP contribution in [-0.4, -0.2) is 47.5 Å². The normalized spacial score (nSPS) is 17.0. The highest BCUT2D eigenvalue weighted by atomic mass is 19.3. The molecule has 0 saturated carbocycles. The van der Waals surface area contributed by atoms with E-state index in [0.29, 0.717) is 21.5 Å². The molecular formula is C29H25F4N7O2. The molecule has 0 spiro atoms. The van der Waals surface area contributed by atoms with Gasteiger partial charge in [-0.15, -0.1) is 0 Å². The Balaban J connectivity index is 1.76. The molecule has 3 aromatic rings. The zero-order chi connectivity index (χ0) is 30.6. The van der Waals surface area contributed by atoms with Gasteiger partial charge in [0.1, 0.15) is 11.4 Å². The van der Waals surface area contributed by atoms with Crippen LogP contribution < -0.4 is 21.5 Å². The van der Waals surface area contributed by atoms with Crippen LogP contribution in [0.15, 0.2) is 76.2 Å². The van der Waals surface area contributed by atoms with Crippen LogP contribution in [0.3, 0.4) is 0 Å². The lowest BCUT2D eigenvalue weighted by Crippen LogP contribution is -2.55. The number of benzene rings is 2.